The number of anilines is 1. The van der Waals surface area contributed by atoms with Crippen LogP contribution in [0.2, 0.25) is 0 Å². The molecule has 2 heterocycles. The number of nitrogens with zero attached hydrogens (tertiary/aromatic N) is 1. The van der Waals surface area contributed by atoms with Crippen LogP contribution in [-0.2, 0) is 16.1 Å². The topological polar surface area (TPSA) is 92.2 Å². The summed E-state index contributed by atoms with van der Waals surface area (Å²) in [4.78, 5) is 36.9. The molecule has 1 atom stereocenters. The normalized spacial score (nSPS) is 15.9. The summed E-state index contributed by atoms with van der Waals surface area (Å²) >= 11 is 0. The Kier molecular flexibility index (Phi) is 5.29. The summed E-state index contributed by atoms with van der Waals surface area (Å²) < 4.78 is 2.09. The van der Waals surface area contributed by atoms with Gasteiger partial charge in [-0.3, -0.25) is 14.4 Å². The van der Waals surface area contributed by atoms with Crippen molar-refractivity contribution in [2.75, 3.05) is 11.9 Å². The van der Waals surface area contributed by atoms with E-state index in [4.69, 9.17) is 0 Å². The van der Waals surface area contributed by atoms with E-state index in [9.17, 15) is 14.4 Å². The molecule has 1 aliphatic rings. The summed E-state index contributed by atoms with van der Waals surface area (Å²) in [5, 5.41) is 9.49. The molecule has 0 bridgehead atoms. The summed E-state index contributed by atoms with van der Waals surface area (Å²) in [6, 6.07) is 16.2. The predicted molar refractivity (Wildman–Crippen MR) is 111 cm³/mol. The molecule has 0 saturated heterocycles. The fraction of sp³-hybridized carbons (Fsp3) is 0.227. The van der Waals surface area contributed by atoms with Crippen LogP contribution in [0.15, 0.2) is 60.8 Å². The third-order valence-corrected chi connectivity index (χ3v) is 5.07. The molecule has 1 unspecified atom stereocenters. The molecule has 3 N–H and O–H groups in total. The molecule has 0 radical (unpaired) electrons. The minimum Gasteiger partial charge on any atom is -0.354 e. The lowest BCUT2D eigenvalue weighted by molar-refractivity contribution is -0.121. The second kappa shape index (κ2) is 8.18. The first-order valence-electron chi connectivity index (χ1n) is 9.63. The molecule has 0 spiro atoms. The highest BCUT2D eigenvalue weighted by Crippen LogP contribution is 2.19. The van der Waals surface area contributed by atoms with Crippen LogP contribution in [0.5, 0.6) is 0 Å². The van der Waals surface area contributed by atoms with Gasteiger partial charge in [-0.2, -0.15) is 0 Å². The average Bonchev–Trinajstić information content (AvgIpc) is 3.09. The van der Waals surface area contributed by atoms with E-state index in [0.29, 0.717) is 24.3 Å². The molecule has 1 aliphatic heterocycles. The van der Waals surface area contributed by atoms with E-state index < -0.39 is 6.04 Å². The number of rotatable bonds is 6. The summed E-state index contributed by atoms with van der Waals surface area (Å²) in [6.45, 7) is 1.15. The first-order chi connectivity index (χ1) is 14.1. The number of para-hydroxylation sites is 2. The van der Waals surface area contributed by atoms with E-state index in [1.54, 1.807) is 24.3 Å². The molecule has 29 heavy (non-hydrogen) atoms. The van der Waals surface area contributed by atoms with E-state index in [1.165, 1.54) is 0 Å². The zero-order chi connectivity index (χ0) is 20.2. The smallest absolute Gasteiger partial charge is 0.254 e. The van der Waals surface area contributed by atoms with Crippen LogP contribution >= 0.6 is 0 Å². The monoisotopic (exact) mass is 390 g/mol. The minimum absolute atomic E-state index is 0.148. The maximum absolute atomic E-state index is 12.4. The van der Waals surface area contributed by atoms with Crippen molar-refractivity contribution in [2.24, 2.45) is 0 Å². The third kappa shape index (κ3) is 4.13. The van der Waals surface area contributed by atoms with E-state index in [-0.39, 0.29) is 30.6 Å². The Morgan fingerprint density at radius 3 is 2.72 bits per heavy atom. The maximum atomic E-state index is 12.4. The zero-order valence-electron chi connectivity index (χ0n) is 15.9. The summed E-state index contributed by atoms with van der Waals surface area (Å²) in [7, 11) is 0. The highest BCUT2D eigenvalue weighted by atomic mass is 16.2. The molecule has 0 saturated carbocycles. The average molecular weight is 390 g/mol. The van der Waals surface area contributed by atoms with E-state index in [0.717, 1.165) is 10.9 Å². The van der Waals surface area contributed by atoms with Crippen LogP contribution in [0.25, 0.3) is 10.9 Å². The Hall–Kier alpha value is -3.61. The zero-order valence-corrected chi connectivity index (χ0v) is 15.9. The fourth-order valence-electron chi connectivity index (χ4n) is 3.53. The SMILES string of the molecule is O=C(CCC1NC(=O)c2ccccc2NC1=O)NCCn1ccc2ccccc21. The van der Waals surface area contributed by atoms with Gasteiger partial charge in [-0.15, -0.1) is 0 Å². The van der Waals surface area contributed by atoms with Gasteiger partial charge in [0.25, 0.3) is 5.91 Å². The molecular weight excluding hydrogens is 368 g/mol. The quantitative estimate of drug-likeness (QED) is 0.603. The molecule has 3 amide bonds. The Morgan fingerprint density at radius 2 is 1.83 bits per heavy atom. The molecule has 0 fully saturated rings. The number of benzene rings is 2. The number of fused-ring (bicyclic) bond motifs is 2. The second-order valence-corrected chi connectivity index (χ2v) is 7.02. The summed E-state index contributed by atoms with van der Waals surface area (Å²) in [5.41, 5.74) is 2.03. The second-order valence-electron chi connectivity index (χ2n) is 7.02. The molecule has 1 aromatic heterocycles. The Balaban J connectivity index is 1.27. The van der Waals surface area contributed by atoms with Gasteiger partial charge in [0, 0.05) is 31.2 Å². The van der Waals surface area contributed by atoms with Crippen LogP contribution in [-0.4, -0.2) is 34.9 Å². The van der Waals surface area contributed by atoms with Crippen molar-refractivity contribution in [1.82, 2.24) is 15.2 Å². The Morgan fingerprint density at radius 1 is 1.03 bits per heavy atom. The number of amides is 3. The molecule has 0 aliphatic carbocycles. The molecule has 7 nitrogen and oxygen atoms in total. The molecular formula is C22H22N4O3. The molecule has 148 valence electrons. The van der Waals surface area contributed by atoms with Gasteiger partial charge in [0.1, 0.15) is 6.04 Å². The standard InChI is InChI=1S/C22H22N4O3/c27-20(23-12-14-26-13-11-15-5-1-4-8-19(15)26)10-9-18-22(29)24-17-7-3-2-6-16(17)21(28)25-18/h1-8,11,13,18H,9-10,12,14H2,(H,23,27)(H,24,29)(H,25,28). The highest BCUT2D eigenvalue weighted by Gasteiger charge is 2.27. The largest absolute Gasteiger partial charge is 0.354 e. The van der Waals surface area contributed by atoms with Gasteiger partial charge < -0.3 is 20.5 Å². The number of hydrogen-bond donors (Lipinski definition) is 3. The fourth-order valence-corrected chi connectivity index (χ4v) is 3.53. The van der Waals surface area contributed by atoms with E-state index in [1.807, 2.05) is 30.5 Å². The van der Waals surface area contributed by atoms with Crippen molar-refractivity contribution in [3.63, 3.8) is 0 Å². The summed E-state index contributed by atoms with van der Waals surface area (Å²) in [6.07, 6.45) is 2.39. The lowest BCUT2D eigenvalue weighted by Crippen LogP contribution is -2.42. The summed E-state index contributed by atoms with van der Waals surface area (Å²) in [5.74, 6) is -0.774. The number of carbonyl (C=O) groups is 3. The highest BCUT2D eigenvalue weighted by molar-refractivity contribution is 6.09. The third-order valence-electron chi connectivity index (χ3n) is 5.07. The van der Waals surface area contributed by atoms with Crippen LogP contribution in [0.1, 0.15) is 23.2 Å². The van der Waals surface area contributed by atoms with Crippen molar-refractivity contribution >= 4 is 34.3 Å². The van der Waals surface area contributed by atoms with E-state index >= 15 is 0 Å². The van der Waals surface area contributed by atoms with Crippen LogP contribution in [0.3, 0.4) is 0 Å². The van der Waals surface area contributed by atoms with Gasteiger partial charge in [0.05, 0.1) is 11.3 Å². The van der Waals surface area contributed by atoms with Crippen molar-refractivity contribution in [2.45, 2.75) is 25.4 Å². The van der Waals surface area contributed by atoms with Crippen molar-refractivity contribution < 1.29 is 14.4 Å². The number of carbonyl (C=O) groups excluding carboxylic acids is 3. The van der Waals surface area contributed by atoms with Crippen molar-refractivity contribution in [3.8, 4) is 0 Å². The molecule has 3 aromatic rings. The van der Waals surface area contributed by atoms with Gasteiger partial charge >= 0.3 is 0 Å². The van der Waals surface area contributed by atoms with Gasteiger partial charge in [0.15, 0.2) is 0 Å². The lowest BCUT2D eigenvalue weighted by atomic mass is 10.1. The van der Waals surface area contributed by atoms with Gasteiger partial charge in [0.2, 0.25) is 11.8 Å². The maximum Gasteiger partial charge on any atom is 0.254 e. The van der Waals surface area contributed by atoms with Crippen molar-refractivity contribution in [3.05, 3.63) is 66.4 Å². The molecule has 4 rings (SSSR count). The lowest BCUT2D eigenvalue weighted by Gasteiger charge is -2.14. The van der Waals surface area contributed by atoms with Crippen LogP contribution in [0.4, 0.5) is 5.69 Å². The Labute approximate surface area is 168 Å². The number of hydrogen-bond acceptors (Lipinski definition) is 3. The minimum atomic E-state index is -0.742. The van der Waals surface area contributed by atoms with Gasteiger partial charge in [-0.25, -0.2) is 0 Å². The molecule has 7 heteroatoms. The first-order valence-corrected chi connectivity index (χ1v) is 9.63. The first kappa shape index (κ1) is 18.7. The number of nitrogens with one attached hydrogen (secondary N) is 3. The van der Waals surface area contributed by atoms with Gasteiger partial charge in [-0.1, -0.05) is 30.3 Å². The Bertz CT molecular complexity index is 1070. The van der Waals surface area contributed by atoms with Gasteiger partial charge in [-0.05, 0) is 36.1 Å². The molecule has 2 aromatic carbocycles. The van der Waals surface area contributed by atoms with Crippen molar-refractivity contribution in [1.29, 1.82) is 0 Å². The van der Waals surface area contributed by atoms with Crippen LogP contribution in [0, 0.1) is 0 Å². The number of aromatic nitrogens is 1. The van der Waals surface area contributed by atoms with Crippen LogP contribution < -0.4 is 16.0 Å². The predicted octanol–water partition coefficient (Wildman–Crippen LogP) is 2.29. The van der Waals surface area contributed by atoms with E-state index in [2.05, 4.69) is 26.6 Å².